The monoisotopic (exact) mass is 305 g/mol. The summed E-state index contributed by atoms with van der Waals surface area (Å²) >= 11 is 4.52. The number of rotatable bonds is 4. The zero-order chi connectivity index (χ0) is 14.0. The van der Waals surface area contributed by atoms with Gasteiger partial charge in [-0.2, -0.15) is 17.5 Å². The largest absolute Gasteiger partial charge is 0.401 e. The number of nitrogens with zero attached hydrogens (tertiary/aromatic N) is 2. The van der Waals surface area contributed by atoms with E-state index in [2.05, 4.69) is 12.2 Å². The van der Waals surface area contributed by atoms with E-state index in [0.29, 0.717) is 0 Å². The number of thiocarbonyl (C=S) groups is 1. The van der Waals surface area contributed by atoms with Crippen LogP contribution < -0.4 is 5.73 Å². The van der Waals surface area contributed by atoms with Gasteiger partial charge in [-0.05, 0) is 0 Å². The first-order valence-electron chi connectivity index (χ1n) is 5.15. The molecule has 0 saturated carbocycles. The molecule has 0 unspecified atom stereocenters. The van der Waals surface area contributed by atoms with E-state index in [0.717, 1.165) is 4.31 Å². The molecule has 0 aliphatic carbocycles. The van der Waals surface area contributed by atoms with Crippen LogP contribution >= 0.6 is 12.2 Å². The van der Waals surface area contributed by atoms with Crippen LogP contribution in [0.3, 0.4) is 0 Å². The Hall–Kier alpha value is -0.450. The van der Waals surface area contributed by atoms with E-state index in [4.69, 9.17) is 5.73 Å². The number of hydrogen-bond donors (Lipinski definition) is 1. The second-order valence-electron chi connectivity index (χ2n) is 4.01. The van der Waals surface area contributed by atoms with Gasteiger partial charge in [0, 0.05) is 26.2 Å². The molecule has 0 aromatic heterocycles. The molecule has 1 heterocycles. The number of piperazine rings is 1. The van der Waals surface area contributed by atoms with Crippen molar-refractivity contribution in [1.29, 1.82) is 0 Å². The molecule has 10 heteroatoms. The number of halogens is 3. The zero-order valence-corrected chi connectivity index (χ0v) is 11.1. The van der Waals surface area contributed by atoms with E-state index >= 15 is 0 Å². The molecule has 0 amide bonds. The van der Waals surface area contributed by atoms with Crippen LogP contribution in [0.1, 0.15) is 0 Å². The topological polar surface area (TPSA) is 66.6 Å². The van der Waals surface area contributed by atoms with Gasteiger partial charge in [0.15, 0.2) is 0 Å². The van der Waals surface area contributed by atoms with Crippen molar-refractivity contribution in [2.75, 3.05) is 38.5 Å². The second kappa shape index (κ2) is 5.68. The van der Waals surface area contributed by atoms with Crippen LogP contribution in [0.15, 0.2) is 0 Å². The van der Waals surface area contributed by atoms with E-state index in [-0.39, 0.29) is 31.2 Å². The fourth-order valence-electron chi connectivity index (χ4n) is 1.69. The Labute approximate surface area is 109 Å². The highest BCUT2D eigenvalue weighted by atomic mass is 32.2. The molecule has 0 aromatic carbocycles. The zero-order valence-electron chi connectivity index (χ0n) is 9.48. The normalized spacial score (nSPS) is 19.9. The first-order chi connectivity index (χ1) is 8.10. The van der Waals surface area contributed by atoms with Crippen molar-refractivity contribution in [1.82, 2.24) is 9.21 Å². The van der Waals surface area contributed by atoms with E-state index < -0.39 is 28.5 Å². The summed E-state index contributed by atoms with van der Waals surface area (Å²) in [6.45, 7) is -0.857. The lowest BCUT2D eigenvalue weighted by atomic mass is 10.3. The Kier molecular flexibility index (Phi) is 4.92. The molecule has 1 fully saturated rings. The quantitative estimate of drug-likeness (QED) is 0.728. The Morgan fingerprint density at radius 2 is 1.72 bits per heavy atom. The van der Waals surface area contributed by atoms with Gasteiger partial charge in [-0.25, -0.2) is 8.42 Å². The van der Waals surface area contributed by atoms with Gasteiger partial charge in [-0.15, -0.1) is 0 Å². The Bertz CT molecular complexity index is 402. The summed E-state index contributed by atoms with van der Waals surface area (Å²) in [6, 6.07) is 0. The SMILES string of the molecule is NC(=S)CS(=O)(=O)N1CCN(CC(F)(F)F)CC1. The number of hydrogen-bond acceptors (Lipinski definition) is 4. The van der Waals surface area contributed by atoms with Crippen LogP contribution in [0.25, 0.3) is 0 Å². The standard InChI is InChI=1S/C8H14F3N3O2S2/c9-8(10,11)6-13-1-3-14(4-2-13)18(15,16)5-7(12)17/h1-6H2,(H2,12,17). The molecule has 0 bridgehead atoms. The van der Waals surface area contributed by atoms with E-state index in [1.807, 2.05) is 0 Å². The first-order valence-corrected chi connectivity index (χ1v) is 7.17. The van der Waals surface area contributed by atoms with Crippen molar-refractivity contribution in [2.24, 2.45) is 5.73 Å². The summed E-state index contributed by atoms with van der Waals surface area (Å²) in [5.74, 6) is -0.443. The van der Waals surface area contributed by atoms with Gasteiger partial charge in [-0.3, -0.25) is 4.90 Å². The first kappa shape index (κ1) is 15.6. The molecule has 1 saturated heterocycles. The molecule has 5 nitrogen and oxygen atoms in total. The maximum Gasteiger partial charge on any atom is 0.401 e. The minimum atomic E-state index is -4.26. The van der Waals surface area contributed by atoms with Crippen LogP contribution in [0.2, 0.25) is 0 Å². The van der Waals surface area contributed by atoms with Gasteiger partial charge in [-0.1, -0.05) is 12.2 Å². The molecule has 1 aliphatic rings. The molecule has 1 rings (SSSR count). The van der Waals surface area contributed by atoms with Gasteiger partial charge in [0.05, 0.1) is 11.5 Å². The molecule has 0 spiro atoms. The molecular weight excluding hydrogens is 291 g/mol. The van der Waals surface area contributed by atoms with Crippen molar-refractivity contribution < 1.29 is 21.6 Å². The summed E-state index contributed by atoms with van der Waals surface area (Å²) in [5.41, 5.74) is 5.16. The predicted molar refractivity (Wildman–Crippen MR) is 64.6 cm³/mol. The third kappa shape index (κ3) is 5.04. The van der Waals surface area contributed by atoms with Gasteiger partial charge >= 0.3 is 6.18 Å². The summed E-state index contributed by atoms with van der Waals surface area (Å²) in [5, 5.41) is 0. The fraction of sp³-hybridized carbons (Fsp3) is 0.875. The van der Waals surface area contributed by atoms with Crippen molar-refractivity contribution in [3.05, 3.63) is 0 Å². The predicted octanol–water partition coefficient (Wildman–Crippen LogP) is -0.218. The summed E-state index contributed by atoms with van der Waals surface area (Å²) in [6.07, 6.45) is -4.26. The average Bonchev–Trinajstić information content (AvgIpc) is 2.13. The molecule has 106 valence electrons. The van der Waals surface area contributed by atoms with Gasteiger partial charge < -0.3 is 5.73 Å². The Morgan fingerprint density at radius 1 is 1.22 bits per heavy atom. The Morgan fingerprint density at radius 3 is 2.11 bits per heavy atom. The van der Waals surface area contributed by atoms with Crippen LogP contribution in [-0.4, -0.2) is 67.3 Å². The van der Waals surface area contributed by atoms with Crippen LogP contribution in [0.4, 0.5) is 13.2 Å². The molecule has 2 N–H and O–H groups in total. The highest BCUT2D eigenvalue weighted by molar-refractivity contribution is 7.92. The van der Waals surface area contributed by atoms with Crippen molar-refractivity contribution in [3.8, 4) is 0 Å². The van der Waals surface area contributed by atoms with Gasteiger partial charge in [0.25, 0.3) is 0 Å². The molecule has 0 atom stereocenters. The number of alkyl halides is 3. The van der Waals surface area contributed by atoms with Crippen LogP contribution in [-0.2, 0) is 10.0 Å². The maximum absolute atomic E-state index is 12.1. The third-order valence-electron chi connectivity index (χ3n) is 2.45. The van der Waals surface area contributed by atoms with Gasteiger partial charge in [0.1, 0.15) is 5.75 Å². The fourth-order valence-corrected chi connectivity index (χ4v) is 3.40. The van der Waals surface area contributed by atoms with Crippen molar-refractivity contribution in [2.45, 2.75) is 6.18 Å². The average molecular weight is 305 g/mol. The number of sulfonamides is 1. The molecular formula is C8H14F3N3O2S2. The lowest BCUT2D eigenvalue weighted by molar-refractivity contribution is -0.148. The Balaban J connectivity index is 2.51. The summed E-state index contributed by atoms with van der Waals surface area (Å²) in [4.78, 5) is 1.03. The van der Waals surface area contributed by atoms with Crippen molar-refractivity contribution >= 4 is 27.2 Å². The highest BCUT2D eigenvalue weighted by Crippen LogP contribution is 2.18. The smallest absolute Gasteiger partial charge is 0.392 e. The number of nitrogens with two attached hydrogens (primary N) is 1. The van der Waals surface area contributed by atoms with Gasteiger partial charge in [0.2, 0.25) is 10.0 Å². The highest BCUT2D eigenvalue weighted by Gasteiger charge is 2.34. The van der Waals surface area contributed by atoms with E-state index in [1.54, 1.807) is 0 Å². The summed E-state index contributed by atoms with van der Waals surface area (Å²) in [7, 11) is -3.59. The maximum atomic E-state index is 12.1. The van der Waals surface area contributed by atoms with E-state index in [9.17, 15) is 21.6 Å². The summed E-state index contributed by atoms with van der Waals surface area (Å²) < 4.78 is 60.9. The van der Waals surface area contributed by atoms with Crippen molar-refractivity contribution in [3.63, 3.8) is 0 Å². The third-order valence-corrected chi connectivity index (χ3v) is 4.61. The van der Waals surface area contributed by atoms with Crippen LogP contribution in [0.5, 0.6) is 0 Å². The molecule has 0 radical (unpaired) electrons. The minimum absolute atomic E-state index is 0.0288. The lowest BCUT2D eigenvalue weighted by Gasteiger charge is -2.34. The van der Waals surface area contributed by atoms with Crippen LogP contribution in [0, 0.1) is 0 Å². The minimum Gasteiger partial charge on any atom is -0.392 e. The van der Waals surface area contributed by atoms with E-state index in [1.165, 1.54) is 4.90 Å². The molecule has 1 aliphatic heterocycles. The molecule has 0 aromatic rings. The lowest BCUT2D eigenvalue weighted by Crippen LogP contribution is -2.52. The second-order valence-corrected chi connectivity index (χ2v) is 6.51. The molecule has 18 heavy (non-hydrogen) atoms.